The van der Waals surface area contributed by atoms with Crippen molar-refractivity contribution in [2.75, 3.05) is 11.9 Å². The van der Waals surface area contributed by atoms with Crippen LogP contribution in [0.15, 0.2) is 58.3 Å². The summed E-state index contributed by atoms with van der Waals surface area (Å²) in [5.74, 6) is -1.14. The highest BCUT2D eigenvalue weighted by molar-refractivity contribution is 7.12. The van der Waals surface area contributed by atoms with Crippen LogP contribution in [0.3, 0.4) is 0 Å². The number of benzodiazepines with no additional fused rings is 1. The largest absolute Gasteiger partial charge is 0.344 e. The Bertz CT molecular complexity index is 1160. The number of thiophene rings is 1. The number of benzene rings is 1. The van der Waals surface area contributed by atoms with Crippen LogP contribution in [0.5, 0.6) is 0 Å². The quantitative estimate of drug-likeness (QED) is 0.580. The Morgan fingerprint density at radius 1 is 1.16 bits per heavy atom. The Kier molecular flexibility index (Phi) is 6.42. The molecule has 8 nitrogen and oxygen atoms in total. The summed E-state index contributed by atoms with van der Waals surface area (Å²) < 4.78 is 0. The van der Waals surface area contributed by atoms with Gasteiger partial charge in [-0.15, -0.1) is 22.7 Å². The number of fused-ring (bicyclic) bond motifs is 1. The summed E-state index contributed by atoms with van der Waals surface area (Å²) >= 11 is 2.88. The number of thiazole rings is 1. The van der Waals surface area contributed by atoms with Gasteiger partial charge in [0, 0.05) is 29.1 Å². The molecule has 1 aromatic carbocycles. The first-order chi connectivity index (χ1) is 15.4. The summed E-state index contributed by atoms with van der Waals surface area (Å²) in [5, 5.41) is 9.73. The number of aromatic nitrogens is 1. The molecule has 4 rings (SSSR count). The zero-order valence-electron chi connectivity index (χ0n) is 17.4. The normalized spacial score (nSPS) is 16.6. The first-order valence-corrected chi connectivity index (χ1v) is 11.7. The lowest BCUT2D eigenvalue weighted by Gasteiger charge is -2.22. The highest BCUT2D eigenvalue weighted by atomic mass is 32.1. The van der Waals surface area contributed by atoms with Crippen LogP contribution < -0.4 is 15.5 Å². The Morgan fingerprint density at radius 2 is 1.97 bits per heavy atom. The SMILES string of the molecule is C[C@H](NC(=O)Cc1cccs1)C(=O)NC1N=C(c2nccs2)c2ccccc2N(C)C1=O. The van der Waals surface area contributed by atoms with Crippen molar-refractivity contribution in [2.45, 2.75) is 25.6 Å². The minimum Gasteiger partial charge on any atom is -0.344 e. The topological polar surface area (TPSA) is 104 Å². The van der Waals surface area contributed by atoms with E-state index in [2.05, 4.69) is 20.6 Å². The fourth-order valence-corrected chi connectivity index (χ4v) is 4.67. The third kappa shape index (κ3) is 4.61. The zero-order valence-corrected chi connectivity index (χ0v) is 19.1. The third-order valence-corrected chi connectivity index (χ3v) is 6.60. The van der Waals surface area contributed by atoms with Gasteiger partial charge in [0.2, 0.25) is 18.0 Å². The number of aliphatic imine (C=N–C) groups is 1. The number of likely N-dealkylation sites (N-methyl/N-ethyl adjacent to an activating group) is 1. The maximum atomic E-state index is 13.1. The van der Waals surface area contributed by atoms with E-state index < -0.39 is 18.1 Å². The van der Waals surface area contributed by atoms with E-state index in [1.165, 1.54) is 27.6 Å². The molecule has 0 fully saturated rings. The van der Waals surface area contributed by atoms with Gasteiger partial charge >= 0.3 is 0 Å². The van der Waals surface area contributed by atoms with Crippen molar-refractivity contribution < 1.29 is 14.4 Å². The number of nitrogens with zero attached hydrogens (tertiary/aromatic N) is 3. The molecule has 2 aromatic heterocycles. The van der Waals surface area contributed by atoms with Crippen LogP contribution in [0.2, 0.25) is 0 Å². The van der Waals surface area contributed by atoms with Crippen LogP contribution >= 0.6 is 22.7 Å². The summed E-state index contributed by atoms with van der Waals surface area (Å²) in [6, 6.07) is 10.3. The summed E-state index contributed by atoms with van der Waals surface area (Å²) in [4.78, 5) is 49.5. The highest BCUT2D eigenvalue weighted by Crippen LogP contribution is 2.27. The fraction of sp³-hybridized carbons (Fsp3) is 0.227. The van der Waals surface area contributed by atoms with E-state index in [4.69, 9.17) is 0 Å². The predicted molar refractivity (Wildman–Crippen MR) is 125 cm³/mol. The van der Waals surface area contributed by atoms with E-state index in [1.54, 1.807) is 20.2 Å². The summed E-state index contributed by atoms with van der Waals surface area (Å²) in [7, 11) is 1.65. The lowest BCUT2D eigenvalue weighted by atomic mass is 10.1. The molecule has 0 saturated heterocycles. The van der Waals surface area contributed by atoms with Crippen molar-refractivity contribution in [2.24, 2.45) is 4.99 Å². The van der Waals surface area contributed by atoms with Crippen molar-refractivity contribution in [1.29, 1.82) is 0 Å². The van der Waals surface area contributed by atoms with Gasteiger partial charge in [-0.2, -0.15) is 0 Å². The first kappa shape index (κ1) is 21.8. The number of carbonyl (C=O) groups excluding carboxylic acids is 3. The highest BCUT2D eigenvalue weighted by Gasteiger charge is 2.32. The van der Waals surface area contributed by atoms with E-state index in [-0.39, 0.29) is 18.2 Å². The number of nitrogens with one attached hydrogen (secondary N) is 2. The molecule has 1 aliphatic heterocycles. The molecule has 3 aromatic rings. The molecule has 0 bridgehead atoms. The molecular weight excluding hydrogens is 446 g/mol. The number of para-hydroxylation sites is 1. The van der Waals surface area contributed by atoms with Crippen molar-refractivity contribution in [3.63, 3.8) is 0 Å². The smallest absolute Gasteiger partial charge is 0.272 e. The van der Waals surface area contributed by atoms with Crippen LogP contribution in [-0.2, 0) is 20.8 Å². The molecule has 0 spiro atoms. The van der Waals surface area contributed by atoms with Gasteiger partial charge in [-0.3, -0.25) is 14.4 Å². The van der Waals surface area contributed by atoms with E-state index in [1.807, 2.05) is 47.2 Å². The Balaban J connectivity index is 1.54. The number of rotatable bonds is 6. The molecule has 1 aliphatic rings. The Morgan fingerprint density at radius 3 is 2.69 bits per heavy atom. The maximum Gasteiger partial charge on any atom is 0.272 e. The number of amides is 3. The van der Waals surface area contributed by atoms with E-state index >= 15 is 0 Å². The number of hydrogen-bond donors (Lipinski definition) is 2. The summed E-state index contributed by atoms with van der Waals surface area (Å²) in [6.07, 6.45) is 0.720. The molecule has 1 unspecified atom stereocenters. The lowest BCUT2D eigenvalue weighted by Crippen LogP contribution is -2.52. The van der Waals surface area contributed by atoms with Crippen molar-refractivity contribution >= 4 is 51.8 Å². The zero-order chi connectivity index (χ0) is 22.7. The summed E-state index contributed by atoms with van der Waals surface area (Å²) in [5.41, 5.74) is 1.97. The standard InChI is InChI=1S/C22H21N5O3S2/c1-13(24-17(28)12-14-6-5-10-31-14)20(29)26-19-22(30)27(2)16-8-4-3-7-15(16)18(25-19)21-23-9-11-32-21/h3-11,13,19H,12H2,1-2H3,(H,24,28)(H,26,29)/t13-,19?/m0/s1. The van der Waals surface area contributed by atoms with E-state index in [9.17, 15) is 14.4 Å². The second kappa shape index (κ2) is 9.41. The van der Waals surface area contributed by atoms with Gasteiger partial charge in [0.25, 0.3) is 5.91 Å². The molecule has 164 valence electrons. The molecule has 0 radical (unpaired) electrons. The van der Waals surface area contributed by atoms with Gasteiger partial charge in [-0.05, 0) is 24.4 Å². The van der Waals surface area contributed by atoms with Gasteiger partial charge in [-0.1, -0.05) is 24.3 Å². The monoisotopic (exact) mass is 467 g/mol. The van der Waals surface area contributed by atoms with Crippen LogP contribution in [0.25, 0.3) is 0 Å². The van der Waals surface area contributed by atoms with Crippen molar-refractivity contribution in [3.05, 3.63) is 68.8 Å². The molecule has 2 atom stereocenters. The minimum atomic E-state index is -1.14. The second-order valence-corrected chi connectivity index (χ2v) is 9.11. The molecule has 3 amide bonds. The Hall–Kier alpha value is -3.37. The maximum absolute atomic E-state index is 13.1. The van der Waals surface area contributed by atoms with E-state index in [0.29, 0.717) is 16.4 Å². The average Bonchev–Trinajstić information content (AvgIpc) is 3.48. The van der Waals surface area contributed by atoms with Crippen molar-refractivity contribution in [3.8, 4) is 0 Å². The summed E-state index contributed by atoms with van der Waals surface area (Å²) in [6.45, 7) is 1.58. The lowest BCUT2D eigenvalue weighted by molar-refractivity contribution is -0.130. The Labute approximate surface area is 193 Å². The molecule has 0 aliphatic carbocycles. The fourth-order valence-electron chi connectivity index (χ4n) is 3.32. The second-order valence-electron chi connectivity index (χ2n) is 7.19. The van der Waals surface area contributed by atoms with E-state index in [0.717, 1.165) is 10.4 Å². The third-order valence-electron chi connectivity index (χ3n) is 4.94. The van der Waals surface area contributed by atoms with Crippen LogP contribution in [0.4, 0.5) is 5.69 Å². The van der Waals surface area contributed by atoms with Gasteiger partial charge in [0.1, 0.15) is 16.8 Å². The molecule has 32 heavy (non-hydrogen) atoms. The first-order valence-electron chi connectivity index (χ1n) is 9.91. The average molecular weight is 468 g/mol. The molecule has 10 heteroatoms. The predicted octanol–water partition coefficient (Wildman–Crippen LogP) is 2.21. The van der Waals surface area contributed by atoms with Crippen LogP contribution in [0, 0.1) is 0 Å². The molecule has 3 heterocycles. The van der Waals surface area contributed by atoms with Crippen molar-refractivity contribution in [1.82, 2.24) is 15.6 Å². The molecule has 2 N–H and O–H groups in total. The minimum absolute atomic E-state index is 0.196. The van der Waals surface area contributed by atoms with Gasteiger partial charge in [-0.25, -0.2) is 9.98 Å². The van der Waals surface area contributed by atoms with Gasteiger partial charge < -0.3 is 15.5 Å². The van der Waals surface area contributed by atoms with Gasteiger partial charge in [0.05, 0.1) is 12.1 Å². The van der Waals surface area contributed by atoms with Crippen LogP contribution in [-0.4, -0.2) is 47.7 Å². The van der Waals surface area contributed by atoms with Crippen LogP contribution in [0.1, 0.15) is 22.4 Å². The molecular formula is C22H21N5O3S2. The van der Waals surface area contributed by atoms with Gasteiger partial charge in [0.15, 0.2) is 0 Å². The number of anilines is 1. The number of carbonyl (C=O) groups is 3. The number of hydrogen-bond acceptors (Lipinski definition) is 7. The molecule has 0 saturated carbocycles.